The van der Waals surface area contributed by atoms with Crippen molar-refractivity contribution in [2.24, 2.45) is 5.10 Å². The molecule has 2 aliphatic heterocycles. The van der Waals surface area contributed by atoms with Gasteiger partial charge in [-0.05, 0) is 41.8 Å². The fourth-order valence-corrected chi connectivity index (χ4v) is 4.29. The summed E-state index contributed by atoms with van der Waals surface area (Å²) in [6.07, 6.45) is 2.23. The van der Waals surface area contributed by atoms with Crippen LogP contribution in [0.4, 0.5) is 0 Å². The Balaban J connectivity index is 1.57. The minimum absolute atomic E-state index is 0.121. The average Bonchev–Trinajstić information content (AvgIpc) is 3.37. The summed E-state index contributed by atoms with van der Waals surface area (Å²) in [5.74, 6) is 2.24. The normalized spacial score (nSPS) is 20.6. The van der Waals surface area contributed by atoms with E-state index in [1.807, 2.05) is 24.3 Å². The lowest BCUT2D eigenvalue weighted by molar-refractivity contribution is -0.0190. The van der Waals surface area contributed by atoms with Gasteiger partial charge in [-0.25, -0.2) is 5.01 Å². The molecule has 0 saturated heterocycles. The summed E-state index contributed by atoms with van der Waals surface area (Å²) >= 11 is 3.59. The topological polar surface area (TPSA) is 38.0 Å². The van der Waals surface area contributed by atoms with Gasteiger partial charge in [-0.3, -0.25) is 0 Å². The maximum Gasteiger partial charge on any atom is 0.213 e. The quantitative estimate of drug-likeness (QED) is 0.475. The smallest absolute Gasteiger partial charge is 0.213 e. The lowest BCUT2D eigenvalue weighted by Gasteiger charge is -2.38. The van der Waals surface area contributed by atoms with Crippen LogP contribution in [0.2, 0.25) is 0 Å². The van der Waals surface area contributed by atoms with Gasteiger partial charge in [-0.2, -0.15) is 5.10 Å². The molecule has 142 valence electrons. The summed E-state index contributed by atoms with van der Waals surface area (Å²) in [7, 11) is 0. The Bertz CT molecular complexity index is 1030. The number of benzene rings is 2. The molecule has 0 unspecified atom stereocenters. The molecule has 2 aliphatic rings. The zero-order valence-electron chi connectivity index (χ0n) is 15.8. The van der Waals surface area contributed by atoms with E-state index < -0.39 is 0 Å². The highest BCUT2D eigenvalue weighted by molar-refractivity contribution is 9.10. The molecule has 2 aromatic carbocycles. The maximum absolute atomic E-state index is 6.42. The molecule has 4 nitrogen and oxygen atoms in total. The molecule has 5 rings (SSSR count). The highest BCUT2D eigenvalue weighted by Crippen LogP contribution is 2.48. The van der Waals surface area contributed by atoms with E-state index in [-0.39, 0.29) is 12.3 Å². The van der Waals surface area contributed by atoms with Crippen LogP contribution in [0.1, 0.15) is 60.9 Å². The zero-order chi connectivity index (χ0) is 19.3. The van der Waals surface area contributed by atoms with Crippen molar-refractivity contribution in [3.63, 3.8) is 0 Å². The Labute approximate surface area is 172 Å². The van der Waals surface area contributed by atoms with E-state index in [0.29, 0.717) is 5.92 Å². The van der Waals surface area contributed by atoms with Crippen LogP contribution in [0.25, 0.3) is 0 Å². The first-order valence-corrected chi connectivity index (χ1v) is 10.3. The van der Waals surface area contributed by atoms with Crippen LogP contribution in [-0.4, -0.2) is 10.7 Å². The Kier molecular flexibility index (Phi) is 4.27. The highest BCUT2D eigenvalue weighted by Gasteiger charge is 2.41. The van der Waals surface area contributed by atoms with Crippen molar-refractivity contribution in [1.29, 1.82) is 0 Å². The lowest BCUT2D eigenvalue weighted by Crippen LogP contribution is -2.33. The predicted molar refractivity (Wildman–Crippen MR) is 112 cm³/mol. The van der Waals surface area contributed by atoms with E-state index >= 15 is 0 Å². The Morgan fingerprint density at radius 2 is 1.93 bits per heavy atom. The zero-order valence-corrected chi connectivity index (χ0v) is 17.4. The van der Waals surface area contributed by atoms with Crippen LogP contribution >= 0.6 is 15.9 Å². The summed E-state index contributed by atoms with van der Waals surface area (Å²) in [6.45, 7) is 4.41. The second kappa shape index (κ2) is 6.82. The summed E-state index contributed by atoms with van der Waals surface area (Å²) in [4.78, 5) is 0. The minimum atomic E-state index is -0.257. The third-order valence-electron chi connectivity index (χ3n) is 5.45. The Morgan fingerprint density at radius 1 is 1.11 bits per heavy atom. The molecule has 3 heterocycles. The third-order valence-corrected chi connectivity index (χ3v) is 5.94. The van der Waals surface area contributed by atoms with Crippen LogP contribution in [0.5, 0.6) is 5.75 Å². The van der Waals surface area contributed by atoms with Gasteiger partial charge in [0, 0.05) is 22.0 Å². The van der Waals surface area contributed by atoms with Crippen LogP contribution < -0.4 is 4.74 Å². The molecule has 0 radical (unpaired) electrons. The molecule has 0 aliphatic carbocycles. The van der Waals surface area contributed by atoms with Gasteiger partial charge in [0.15, 0.2) is 0 Å². The minimum Gasteiger partial charge on any atom is -0.464 e. The molecule has 28 heavy (non-hydrogen) atoms. The van der Waals surface area contributed by atoms with E-state index in [2.05, 4.69) is 65.1 Å². The van der Waals surface area contributed by atoms with Gasteiger partial charge in [0.1, 0.15) is 17.2 Å². The van der Waals surface area contributed by atoms with Gasteiger partial charge < -0.3 is 9.15 Å². The van der Waals surface area contributed by atoms with Crippen molar-refractivity contribution in [3.05, 3.63) is 87.8 Å². The molecular formula is C23H21BrN2O2. The molecule has 0 spiro atoms. The fourth-order valence-electron chi connectivity index (χ4n) is 3.92. The second-order valence-corrected chi connectivity index (χ2v) is 8.51. The van der Waals surface area contributed by atoms with Crippen LogP contribution in [0, 0.1) is 0 Å². The first-order chi connectivity index (χ1) is 13.6. The van der Waals surface area contributed by atoms with E-state index in [0.717, 1.165) is 39.2 Å². The number of fused-ring (bicyclic) bond motifs is 3. The van der Waals surface area contributed by atoms with Gasteiger partial charge in [0.05, 0.1) is 12.3 Å². The first-order valence-electron chi connectivity index (χ1n) is 9.56. The van der Waals surface area contributed by atoms with Crippen molar-refractivity contribution >= 4 is 21.6 Å². The summed E-state index contributed by atoms with van der Waals surface area (Å²) in [5, 5.41) is 6.99. The number of hydrazone groups is 1. The fraction of sp³-hybridized carbons (Fsp3) is 0.261. The highest BCUT2D eigenvalue weighted by atomic mass is 79.9. The number of hydrogen-bond acceptors (Lipinski definition) is 4. The van der Waals surface area contributed by atoms with Crippen LogP contribution in [-0.2, 0) is 0 Å². The number of nitrogens with zero attached hydrogens (tertiary/aromatic N) is 2. The third kappa shape index (κ3) is 2.94. The van der Waals surface area contributed by atoms with Gasteiger partial charge in [-0.15, -0.1) is 0 Å². The Hall–Kier alpha value is -2.53. The number of hydrogen-bond donors (Lipinski definition) is 0. The lowest BCUT2D eigenvalue weighted by atomic mass is 9.96. The Morgan fingerprint density at radius 3 is 2.64 bits per heavy atom. The molecule has 1 aromatic heterocycles. The van der Waals surface area contributed by atoms with Crippen molar-refractivity contribution in [1.82, 2.24) is 5.01 Å². The molecule has 2 atom stereocenters. The van der Waals surface area contributed by atoms with Crippen LogP contribution in [0.3, 0.4) is 0 Å². The maximum atomic E-state index is 6.42. The average molecular weight is 437 g/mol. The van der Waals surface area contributed by atoms with Crippen molar-refractivity contribution in [2.75, 3.05) is 0 Å². The van der Waals surface area contributed by atoms with Crippen molar-refractivity contribution in [3.8, 4) is 5.75 Å². The second-order valence-electron chi connectivity index (χ2n) is 7.60. The van der Waals surface area contributed by atoms with Crippen LogP contribution in [0.15, 0.2) is 74.9 Å². The van der Waals surface area contributed by atoms with Gasteiger partial charge in [0.2, 0.25) is 6.23 Å². The number of rotatable bonds is 3. The van der Waals surface area contributed by atoms with E-state index in [1.54, 1.807) is 6.26 Å². The number of ether oxygens (including phenoxy) is 1. The van der Waals surface area contributed by atoms with Gasteiger partial charge in [0.25, 0.3) is 0 Å². The standard InChI is InChI=1S/C23H21BrN2O2/c1-14(2)15-5-7-16(8-6-15)23-26-20(13-19(25-26)22-4-3-11-27-22)18-12-17(24)9-10-21(18)28-23/h3-12,14,20,23H,13H2,1-2H3/t20-,23-/m1/s1. The summed E-state index contributed by atoms with van der Waals surface area (Å²) < 4.78 is 13.1. The van der Waals surface area contributed by atoms with Crippen molar-refractivity contribution < 1.29 is 9.15 Å². The predicted octanol–water partition coefficient (Wildman–Crippen LogP) is 6.41. The molecule has 0 fully saturated rings. The van der Waals surface area contributed by atoms with E-state index in [4.69, 9.17) is 14.3 Å². The molecule has 0 amide bonds. The molecule has 0 saturated carbocycles. The van der Waals surface area contributed by atoms with Gasteiger partial charge in [-0.1, -0.05) is 54.0 Å². The molecule has 0 bridgehead atoms. The summed E-state index contributed by atoms with van der Waals surface area (Å²) in [6, 6.07) is 18.9. The molecule has 3 aromatic rings. The van der Waals surface area contributed by atoms with Crippen molar-refractivity contribution in [2.45, 2.75) is 38.5 Å². The SMILES string of the molecule is CC(C)c1ccc([C@H]2Oc3ccc(Br)cc3[C@H]3CC(c4ccco4)=NN32)cc1. The molecule has 5 heteroatoms. The monoisotopic (exact) mass is 436 g/mol. The number of halogens is 1. The van der Waals surface area contributed by atoms with E-state index in [9.17, 15) is 0 Å². The largest absolute Gasteiger partial charge is 0.464 e. The van der Waals surface area contributed by atoms with Gasteiger partial charge >= 0.3 is 0 Å². The molecule has 0 N–H and O–H groups in total. The van der Waals surface area contributed by atoms with E-state index in [1.165, 1.54) is 5.56 Å². The number of furan rings is 1. The first kappa shape index (κ1) is 17.6. The summed E-state index contributed by atoms with van der Waals surface area (Å²) in [5.41, 5.74) is 4.53. The molecular weight excluding hydrogens is 416 g/mol.